The first-order valence-corrected chi connectivity index (χ1v) is 9.83. The molecule has 6 nitrogen and oxygen atoms in total. The molecule has 10 heteroatoms. The third-order valence-corrected chi connectivity index (χ3v) is 5.52. The van der Waals surface area contributed by atoms with Crippen molar-refractivity contribution in [2.75, 3.05) is 32.7 Å². The van der Waals surface area contributed by atoms with E-state index < -0.39 is 28.7 Å². The van der Waals surface area contributed by atoms with E-state index in [4.69, 9.17) is 0 Å². The number of rotatable bonds is 7. The van der Waals surface area contributed by atoms with Gasteiger partial charge in [0.2, 0.25) is 10.0 Å². The van der Waals surface area contributed by atoms with Gasteiger partial charge in [0, 0.05) is 18.7 Å². The fourth-order valence-corrected chi connectivity index (χ4v) is 3.69. The summed E-state index contributed by atoms with van der Waals surface area (Å²) in [6.07, 6.45) is -1.07. The fraction of sp³-hybridized carbons (Fsp3) is 0.562. The molecule has 0 bridgehead atoms. The molecule has 1 amide bonds. The minimum Gasteiger partial charge on any atom is -0.343 e. The Morgan fingerprint density at radius 2 is 1.69 bits per heavy atom. The van der Waals surface area contributed by atoms with E-state index in [-0.39, 0.29) is 17.0 Å². The van der Waals surface area contributed by atoms with Gasteiger partial charge < -0.3 is 10.2 Å². The van der Waals surface area contributed by atoms with Crippen LogP contribution in [-0.4, -0.2) is 58.1 Å². The van der Waals surface area contributed by atoms with E-state index in [1.807, 2.05) is 0 Å². The van der Waals surface area contributed by atoms with Crippen LogP contribution >= 0.6 is 0 Å². The number of hydrogen-bond donors (Lipinski definition) is 2. The van der Waals surface area contributed by atoms with Gasteiger partial charge in [-0.1, -0.05) is 6.42 Å². The van der Waals surface area contributed by atoms with Crippen LogP contribution in [0.5, 0.6) is 0 Å². The number of nitrogens with one attached hydrogen (secondary N) is 2. The highest BCUT2D eigenvalue weighted by molar-refractivity contribution is 7.89. The molecule has 0 radical (unpaired) electrons. The van der Waals surface area contributed by atoms with Crippen LogP contribution in [0.3, 0.4) is 0 Å². The lowest BCUT2D eigenvalue weighted by Crippen LogP contribution is -2.37. The number of hydrogen-bond acceptors (Lipinski definition) is 4. The molecule has 1 aliphatic heterocycles. The van der Waals surface area contributed by atoms with E-state index in [1.165, 1.54) is 30.7 Å². The highest BCUT2D eigenvalue weighted by Gasteiger charge is 2.28. The molecule has 0 aromatic heterocycles. The molecule has 26 heavy (non-hydrogen) atoms. The number of nitrogens with zero attached hydrogens (tertiary/aromatic N) is 1. The molecule has 0 aliphatic carbocycles. The number of amides is 1. The smallest absolute Gasteiger partial charge is 0.343 e. The monoisotopic (exact) mass is 393 g/mol. The second-order valence-electron chi connectivity index (χ2n) is 6.12. The van der Waals surface area contributed by atoms with Gasteiger partial charge in [-0.15, -0.1) is 0 Å². The molecule has 0 spiro atoms. The maximum Gasteiger partial charge on any atom is 0.405 e. The van der Waals surface area contributed by atoms with Gasteiger partial charge >= 0.3 is 6.18 Å². The Kier molecular flexibility index (Phi) is 7.01. The average molecular weight is 393 g/mol. The van der Waals surface area contributed by atoms with Crippen LogP contribution in [0.15, 0.2) is 29.2 Å². The van der Waals surface area contributed by atoms with Crippen LogP contribution in [0.25, 0.3) is 0 Å². The largest absolute Gasteiger partial charge is 0.405 e. The fourth-order valence-electron chi connectivity index (χ4n) is 2.67. The van der Waals surface area contributed by atoms with Gasteiger partial charge in [-0.2, -0.15) is 13.2 Å². The molecule has 0 unspecified atom stereocenters. The molecule has 0 saturated carbocycles. The van der Waals surface area contributed by atoms with E-state index in [1.54, 1.807) is 5.32 Å². The number of benzene rings is 1. The first-order chi connectivity index (χ1) is 12.2. The van der Waals surface area contributed by atoms with Gasteiger partial charge in [0.25, 0.3) is 5.91 Å². The zero-order chi connectivity index (χ0) is 19.2. The number of likely N-dealkylation sites (tertiary alicyclic amines) is 1. The third kappa shape index (κ3) is 6.58. The molecule has 2 N–H and O–H groups in total. The van der Waals surface area contributed by atoms with Crippen LogP contribution in [-0.2, 0) is 10.0 Å². The normalized spacial score (nSPS) is 16.4. The standard InChI is InChI=1S/C16H22F3N3O3S/c17-16(18,19)12-20-15(23)13-4-6-14(7-5-13)26(24,25)21-8-11-22-9-2-1-3-10-22/h4-7,21H,1-3,8-12H2,(H,20,23). The number of halogens is 3. The first kappa shape index (κ1) is 20.7. The van der Waals surface area contributed by atoms with E-state index in [2.05, 4.69) is 9.62 Å². The van der Waals surface area contributed by atoms with Gasteiger partial charge in [0.15, 0.2) is 0 Å². The molecule has 1 fully saturated rings. The zero-order valence-electron chi connectivity index (χ0n) is 14.2. The number of carbonyl (C=O) groups excluding carboxylic acids is 1. The Hall–Kier alpha value is -1.65. The summed E-state index contributed by atoms with van der Waals surface area (Å²) in [5.74, 6) is -0.913. The van der Waals surface area contributed by atoms with Crippen LogP contribution in [0.2, 0.25) is 0 Å². The van der Waals surface area contributed by atoms with E-state index in [0.29, 0.717) is 6.54 Å². The molecule has 2 rings (SSSR count). The lowest BCUT2D eigenvalue weighted by atomic mass is 10.1. The van der Waals surface area contributed by atoms with Gasteiger partial charge in [0.05, 0.1) is 4.90 Å². The minimum absolute atomic E-state index is 0.0384. The highest BCUT2D eigenvalue weighted by Crippen LogP contribution is 2.14. The first-order valence-electron chi connectivity index (χ1n) is 8.34. The molecule has 146 valence electrons. The molecule has 1 heterocycles. The highest BCUT2D eigenvalue weighted by atomic mass is 32.2. The summed E-state index contributed by atoms with van der Waals surface area (Å²) in [4.78, 5) is 13.8. The Morgan fingerprint density at radius 1 is 1.08 bits per heavy atom. The van der Waals surface area contributed by atoms with Crippen molar-refractivity contribution < 1.29 is 26.4 Å². The number of alkyl halides is 3. The average Bonchev–Trinajstić information content (AvgIpc) is 2.60. The molecular formula is C16H22F3N3O3S. The summed E-state index contributed by atoms with van der Waals surface area (Å²) in [6.45, 7) is 1.38. The van der Waals surface area contributed by atoms with Crippen molar-refractivity contribution in [2.24, 2.45) is 0 Å². The van der Waals surface area contributed by atoms with Crippen molar-refractivity contribution >= 4 is 15.9 Å². The number of piperidine rings is 1. The van der Waals surface area contributed by atoms with Crippen molar-refractivity contribution in [2.45, 2.75) is 30.3 Å². The molecule has 1 aliphatic rings. The summed E-state index contributed by atoms with van der Waals surface area (Å²) in [5.41, 5.74) is -0.0403. The second kappa shape index (κ2) is 8.83. The summed E-state index contributed by atoms with van der Waals surface area (Å²) in [6, 6.07) is 4.77. The summed E-state index contributed by atoms with van der Waals surface area (Å²) in [5, 5.41) is 1.73. The second-order valence-corrected chi connectivity index (χ2v) is 7.89. The van der Waals surface area contributed by atoms with Crippen LogP contribution in [0, 0.1) is 0 Å². The van der Waals surface area contributed by atoms with E-state index >= 15 is 0 Å². The van der Waals surface area contributed by atoms with Crippen LogP contribution in [0.1, 0.15) is 29.6 Å². The predicted molar refractivity (Wildman–Crippen MR) is 90.3 cm³/mol. The minimum atomic E-state index is -4.50. The van der Waals surface area contributed by atoms with Crippen molar-refractivity contribution in [1.82, 2.24) is 14.9 Å². The molecular weight excluding hydrogens is 371 g/mol. The van der Waals surface area contributed by atoms with Crippen LogP contribution < -0.4 is 10.0 Å². The Bertz CT molecular complexity index is 700. The summed E-state index contributed by atoms with van der Waals surface area (Å²) < 4.78 is 63.3. The van der Waals surface area contributed by atoms with Crippen molar-refractivity contribution in [3.8, 4) is 0 Å². The van der Waals surface area contributed by atoms with Crippen molar-refractivity contribution in [3.05, 3.63) is 29.8 Å². The van der Waals surface area contributed by atoms with Gasteiger partial charge in [-0.05, 0) is 50.2 Å². The van der Waals surface area contributed by atoms with Crippen LogP contribution in [0.4, 0.5) is 13.2 Å². The van der Waals surface area contributed by atoms with Crippen molar-refractivity contribution in [3.63, 3.8) is 0 Å². The summed E-state index contributed by atoms with van der Waals surface area (Å²) in [7, 11) is -3.73. The van der Waals surface area contributed by atoms with Gasteiger partial charge in [0.1, 0.15) is 6.54 Å². The van der Waals surface area contributed by atoms with Gasteiger partial charge in [-0.3, -0.25) is 4.79 Å². The third-order valence-electron chi connectivity index (χ3n) is 4.04. The Morgan fingerprint density at radius 3 is 2.27 bits per heavy atom. The lowest BCUT2D eigenvalue weighted by Gasteiger charge is -2.26. The quantitative estimate of drug-likeness (QED) is 0.740. The number of carbonyl (C=O) groups is 1. The molecule has 1 aromatic rings. The SMILES string of the molecule is O=C(NCC(F)(F)F)c1ccc(S(=O)(=O)NCCN2CCCCC2)cc1. The topological polar surface area (TPSA) is 78.5 Å². The molecule has 1 saturated heterocycles. The van der Waals surface area contributed by atoms with Crippen molar-refractivity contribution in [1.29, 1.82) is 0 Å². The van der Waals surface area contributed by atoms with E-state index in [0.717, 1.165) is 25.9 Å². The molecule has 1 aromatic carbocycles. The Labute approximate surface area is 150 Å². The van der Waals surface area contributed by atoms with Gasteiger partial charge in [-0.25, -0.2) is 13.1 Å². The zero-order valence-corrected chi connectivity index (χ0v) is 15.0. The van der Waals surface area contributed by atoms with E-state index in [9.17, 15) is 26.4 Å². The maximum absolute atomic E-state index is 12.2. The maximum atomic E-state index is 12.2. The summed E-state index contributed by atoms with van der Waals surface area (Å²) >= 11 is 0. The molecule has 0 atom stereocenters. The Balaban J connectivity index is 1.88. The lowest BCUT2D eigenvalue weighted by molar-refractivity contribution is -0.123. The predicted octanol–water partition coefficient (Wildman–Crippen LogP) is 1.74. The number of sulfonamides is 1.